The van der Waals surface area contributed by atoms with Crippen molar-refractivity contribution < 1.29 is 0 Å². The molecule has 3 aromatic rings. The van der Waals surface area contributed by atoms with Crippen molar-refractivity contribution in [2.75, 3.05) is 19.0 Å². The highest BCUT2D eigenvalue weighted by Crippen LogP contribution is 2.30. The number of aromatic nitrogens is 1. The van der Waals surface area contributed by atoms with E-state index < -0.39 is 0 Å². The van der Waals surface area contributed by atoms with Gasteiger partial charge in [-0.05, 0) is 48.0 Å². The molecule has 0 fully saturated rings. The van der Waals surface area contributed by atoms with Crippen molar-refractivity contribution in [2.24, 2.45) is 0 Å². The van der Waals surface area contributed by atoms with Gasteiger partial charge < -0.3 is 9.88 Å². The van der Waals surface area contributed by atoms with Gasteiger partial charge in [-0.15, -0.1) is 0 Å². The first-order valence-corrected chi connectivity index (χ1v) is 8.43. The highest BCUT2D eigenvalue weighted by Gasteiger charge is 2.11. The maximum Gasteiger partial charge on any atom is 0.0998 e. The van der Waals surface area contributed by atoms with Crippen LogP contribution in [0.5, 0.6) is 0 Å². The molecular weight excluding hydrogens is 376 g/mol. The number of benzene rings is 2. The van der Waals surface area contributed by atoms with Crippen molar-refractivity contribution in [3.05, 3.63) is 63.8 Å². The summed E-state index contributed by atoms with van der Waals surface area (Å²) in [6.45, 7) is 0. The SMILES string of the molecule is CN(C)c1ccc(C#N)c(C=C(C#N)c2c[nH]c3ccc(Br)cc23)c1. The summed E-state index contributed by atoms with van der Waals surface area (Å²) in [5.41, 5.74) is 4.54. The lowest BCUT2D eigenvalue weighted by atomic mass is 10.00. The van der Waals surface area contributed by atoms with Crippen LogP contribution in [0.25, 0.3) is 22.6 Å². The highest BCUT2D eigenvalue weighted by atomic mass is 79.9. The monoisotopic (exact) mass is 390 g/mol. The fourth-order valence-electron chi connectivity index (χ4n) is 2.69. The first-order chi connectivity index (χ1) is 12.0. The Hall–Kier alpha value is -3.02. The minimum Gasteiger partial charge on any atom is -0.378 e. The minimum absolute atomic E-state index is 0.511. The van der Waals surface area contributed by atoms with Gasteiger partial charge in [0.05, 0.1) is 23.3 Å². The molecule has 1 heterocycles. The van der Waals surface area contributed by atoms with Gasteiger partial charge >= 0.3 is 0 Å². The van der Waals surface area contributed by atoms with Crippen molar-refractivity contribution in [2.45, 2.75) is 0 Å². The summed E-state index contributed by atoms with van der Waals surface area (Å²) in [7, 11) is 3.88. The average molecular weight is 391 g/mol. The largest absolute Gasteiger partial charge is 0.378 e. The van der Waals surface area contributed by atoms with Gasteiger partial charge in [0.25, 0.3) is 0 Å². The molecule has 0 unspecified atom stereocenters. The fraction of sp³-hybridized carbons (Fsp3) is 0.100. The molecule has 1 aromatic heterocycles. The number of H-pyrrole nitrogens is 1. The second-order valence-corrected chi connectivity index (χ2v) is 6.76. The van der Waals surface area contributed by atoms with Crippen LogP contribution in [-0.2, 0) is 0 Å². The van der Waals surface area contributed by atoms with Gasteiger partial charge in [0, 0.05) is 46.9 Å². The number of halogens is 1. The summed E-state index contributed by atoms with van der Waals surface area (Å²) in [6, 6.07) is 15.9. The molecule has 0 aliphatic rings. The molecule has 0 radical (unpaired) electrons. The number of anilines is 1. The molecule has 0 saturated heterocycles. The molecule has 4 nitrogen and oxygen atoms in total. The summed E-state index contributed by atoms with van der Waals surface area (Å²) in [6.07, 6.45) is 3.60. The van der Waals surface area contributed by atoms with Gasteiger partial charge in [0.1, 0.15) is 0 Å². The Bertz CT molecular complexity index is 1060. The van der Waals surface area contributed by atoms with Gasteiger partial charge in [-0.25, -0.2) is 0 Å². The topological polar surface area (TPSA) is 66.6 Å². The van der Waals surface area contributed by atoms with E-state index >= 15 is 0 Å². The number of hydrogen-bond acceptors (Lipinski definition) is 3. The second-order valence-electron chi connectivity index (χ2n) is 5.84. The van der Waals surface area contributed by atoms with Crippen molar-refractivity contribution in [1.82, 2.24) is 4.98 Å². The molecule has 0 amide bonds. The summed E-state index contributed by atoms with van der Waals surface area (Å²) in [5.74, 6) is 0. The van der Waals surface area contributed by atoms with Crippen LogP contribution in [0.2, 0.25) is 0 Å². The van der Waals surface area contributed by atoms with Crippen LogP contribution < -0.4 is 4.90 Å². The molecule has 122 valence electrons. The van der Waals surface area contributed by atoms with Gasteiger partial charge in [-0.1, -0.05) is 15.9 Å². The van der Waals surface area contributed by atoms with Crippen LogP contribution in [-0.4, -0.2) is 19.1 Å². The normalized spacial score (nSPS) is 11.2. The molecule has 0 aliphatic carbocycles. The van der Waals surface area contributed by atoms with E-state index in [2.05, 4.69) is 33.1 Å². The van der Waals surface area contributed by atoms with E-state index in [9.17, 15) is 10.5 Å². The molecule has 0 atom stereocenters. The summed E-state index contributed by atoms with van der Waals surface area (Å²) >= 11 is 3.47. The first kappa shape index (κ1) is 16.8. The maximum atomic E-state index is 9.69. The van der Waals surface area contributed by atoms with Gasteiger partial charge in [0.15, 0.2) is 0 Å². The quantitative estimate of drug-likeness (QED) is 0.644. The standard InChI is InChI=1S/C20H15BrN4/c1-25(2)17-5-3-13(10-22)14(8-17)7-15(11-23)19-12-24-20-6-4-16(21)9-18(19)20/h3-9,12,24H,1-2H3. The molecule has 1 N–H and O–H groups in total. The molecule has 0 saturated carbocycles. The van der Waals surface area contributed by atoms with E-state index in [-0.39, 0.29) is 0 Å². The molecule has 25 heavy (non-hydrogen) atoms. The summed E-state index contributed by atoms with van der Waals surface area (Å²) in [5, 5.41) is 20.0. The smallest absolute Gasteiger partial charge is 0.0998 e. The number of aromatic amines is 1. The van der Waals surface area contributed by atoms with Crippen molar-refractivity contribution in [3.8, 4) is 12.1 Å². The molecule has 0 spiro atoms. The minimum atomic E-state index is 0.511. The zero-order valence-electron chi connectivity index (χ0n) is 13.8. The van der Waals surface area contributed by atoms with Gasteiger partial charge in [0.2, 0.25) is 0 Å². The Labute approximate surface area is 154 Å². The van der Waals surface area contributed by atoms with Gasteiger partial charge in [-0.2, -0.15) is 10.5 Å². The van der Waals surface area contributed by atoms with E-state index in [1.807, 2.05) is 55.5 Å². The maximum absolute atomic E-state index is 9.69. The predicted molar refractivity (Wildman–Crippen MR) is 105 cm³/mol. The Morgan fingerprint density at radius 2 is 1.96 bits per heavy atom. The van der Waals surface area contributed by atoms with Gasteiger partial charge in [-0.3, -0.25) is 0 Å². The summed E-state index contributed by atoms with van der Waals surface area (Å²) in [4.78, 5) is 5.15. The third-order valence-corrected chi connectivity index (χ3v) is 4.52. The van der Waals surface area contributed by atoms with Crippen LogP contribution in [0.4, 0.5) is 5.69 Å². The van der Waals surface area contributed by atoms with E-state index in [0.717, 1.165) is 32.2 Å². The third-order valence-electron chi connectivity index (χ3n) is 4.03. The van der Waals surface area contributed by atoms with Crippen molar-refractivity contribution in [3.63, 3.8) is 0 Å². The molecule has 3 rings (SSSR count). The Balaban J connectivity index is 2.19. The van der Waals surface area contributed by atoms with Crippen LogP contribution in [0.1, 0.15) is 16.7 Å². The lowest BCUT2D eigenvalue weighted by Crippen LogP contribution is -2.08. The lowest BCUT2D eigenvalue weighted by molar-refractivity contribution is 1.13. The highest BCUT2D eigenvalue weighted by molar-refractivity contribution is 9.10. The van der Waals surface area contributed by atoms with Crippen LogP contribution >= 0.6 is 15.9 Å². The molecule has 0 bridgehead atoms. The number of hydrogen-bond donors (Lipinski definition) is 1. The van der Waals surface area contributed by atoms with E-state index in [1.165, 1.54) is 0 Å². The Kier molecular flexibility index (Phi) is 4.61. The number of rotatable bonds is 3. The zero-order chi connectivity index (χ0) is 18.0. The number of allylic oxidation sites excluding steroid dienone is 1. The molecule has 0 aliphatic heterocycles. The Morgan fingerprint density at radius 1 is 1.16 bits per heavy atom. The van der Waals surface area contributed by atoms with Crippen molar-refractivity contribution >= 4 is 44.2 Å². The molecule has 2 aromatic carbocycles. The average Bonchev–Trinajstić information content (AvgIpc) is 3.02. The first-order valence-electron chi connectivity index (χ1n) is 7.63. The lowest BCUT2D eigenvalue weighted by Gasteiger charge is -2.13. The Morgan fingerprint density at radius 3 is 2.64 bits per heavy atom. The molecule has 5 heteroatoms. The summed E-state index contributed by atoms with van der Waals surface area (Å²) < 4.78 is 0.949. The number of nitriles is 2. The van der Waals surface area contributed by atoms with Crippen LogP contribution in [0, 0.1) is 22.7 Å². The van der Waals surface area contributed by atoms with E-state index in [4.69, 9.17) is 0 Å². The fourth-order valence-corrected chi connectivity index (χ4v) is 3.05. The zero-order valence-corrected chi connectivity index (χ0v) is 15.4. The predicted octanol–water partition coefficient (Wildman–Crippen LogP) is 4.93. The molecular formula is C20H15BrN4. The van der Waals surface area contributed by atoms with E-state index in [1.54, 1.807) is 12.1 Å². The van der Waals surface area contributed by atoms with Crippen LogP contribution in [0.15, 0.2) is 47.1 Å². The third kappa shape index (κ3) is 3.28. The van der Waals surface area contributed by atoms with E-state index in [0.29, 0.717) is 11.1 Å². The second kappa shape index (κ2) is 6.84. The number of nitrogens with one attached hydrogen (secondary N) is 1. The number of nitrogens with zero attached hydrogens (tertiary/aromatic N) is 3. The van der Waals surface area contributed by atoms with Crippen molar-refractivity contribution in [1.29, 1.82) is 10.5 Å². The number of fused-ring (bicyclic) bond motifs is 1. The van der Waals surface area contributed by atoms with Crippen LogP contribution in [0.3, 0.4) is 0 Å².